The van der Waals surface area contributed by atoms with Crippen LogP contribution in [0.5, 0.6) is 5.75 Å². The van der Waals surface area contributed by atoms with E-state index in [9.17, 15) is 4.79 Å². The van der Waals surface area contributed by atoms with Crippen LogP contribution in [0.3, 0.4) is 0 Å². The normalized spacial score (nSPS) is 15.6. The summed E-state index contributed by atoms with van der Waals surface area (Å²) in [5.74, 6) is 0.462. The lowest BCUT2D eigenvalue weighted by Crippen LogP contribution is -2.27. The smallest absolute Gasteiger partial charge is 0.270 e. The molecule has 7 heteroatoms. The summed E-state index contributed by atoms with van der Waals surface area (Å²) < 4.78 is 6.07. The van der Waals surface area contributed by atoms with Gasteiger partial charge in [-0.25, -0.2) is 0 Å². The summed E-state index contributed by atoms with van der Waals surface area (Å²) in [5, 5.41) is 0.787. The standard InChI is InChI=1S/C19H13Cl2NO2S2/c1-2-9-24-16-6-4-3-5-12(16)10-17-18(23)22(19(25)26-17)13-7-8-14(20)15(21)11-13/h2-8,10-11H,1,9H2/b17-10+. The van der Waals surface area contributed by atoms with E-state index in [1.165, 1.54) is 16.7 Å². The molecule has 1 fully saturated rings. The Morgan fingerprint density at radius 2 is 1.96 bits per heavy atom. The first-order chi connectivity index (χ1) is 12.5. The number of halogens is 2. The van der Waals surface area contributed by atoms with Crippen LogP contribution in [0.4, 0.5) is 5.69 Å². The van der Waals surface area contributed by atoms with E-state index in [1.807, 2.05) is 24.3 Å². The first-order valence-corrected chi connectivity index (χ1v) is 9.55. The number of carbonyl (C=O) groups excluding carboxylic acids is 1. The molecule has 0 atom stereocenters. The number of hydrogen-bond donors (Lipinski definition) is 0. The number of rotatable bonds is 5. The van der Waals surface area contributed by atoms with Crippen molar-refractivity contribution < 1.29 is 9.53 Å². The Bertz CT molecular complexity index is 928. The highest BCUT2D eigenvalue weighted by atomic mass is 35.5. The number of ether oxygens (including phenoxy) is 1. The van der Waals surface area contributed by atoms with Gasteiger partial charge in [0, 0.05) is 5.56 Å². The van der Waals surface area contributed by atoms with Crippen molar-refractivity contribution >= 4 is 69.2 Å². The number of nitrogens with zero attached hydrogens (tertiary/aromatic N) is 1. The maximum absolute atomic E-state index is 12.9. The molecule has 0 N–H and O–H groups in total. The molecule has 0 saturated carbocycles. The lowest BCUT2D eigenvalue weighted by Gasteiger charge is -2.15. The van der Waals surface area contributed by atoms with Gasteiger partial charge in [-0.15, -0.1) is 0 Å². The minimum Gasteiger partial charge on any atom is -0.489 e. The molecular formula is C19H13Cl2NO2S2. The van der Waals surface area contributed by atoms with Crippen LogP contribution in [0.1, 0.15) is 5.56 Å². The Kier molecular flexibility index (Phi) is 6.04. The number of amides is 1. The van der Waals surface area contributed by atoms with Gasteiger partial charge < -0.3 is 4.74 Å². The van der Waals surface area contributed by atoms with E-state index in [-0.39, 0.29) is 5.91 Å². The molecule has 0 aliphatic carbocycles. The van der Waals surface area contributed by atoms with Crippen molar-refractivity contribution in [3.8, 4) is 5.75 Å². The molecule has 0 radical (unpaired) electrons. The first kappa shape index (κ1) is 19.0. The SMILES string of the molecule is C=CCOc1ccccc1/C=C1/SC(=S)N(c2ccc(Cl)c(Cl)c2)C1=O. The fourth-order valence-corrected chi connectivity index (χ4v) is 3.92. The summed E-state index contributed by atoms with van der Waals surface area (Å²) >= 11 is 18.6. The molecule has 1 heterocycles. The second kappa shape index (κ2) is 8.27. The Balaban J connectivity index is 1.93. The van der Waals surface area contributed by atoms with Gasteiger partial charge in [-0.05, 0) is 30.3 Å². The van der Waals surface area contributed by atoms with E-state index in [1.54, 1.807) is 30.4 Å². The summed E-state index contributed by atoms with van der Waals surface area (Å²) in [6.45, 7) is 4.03. The average Bonchev–Trinajstić information content (AvgIpc) is 2.90. The second-order valence-electron chi connectivity index (χ2n) is 5.25. The van der Waals surface area contributed by atoms with Crippen LogP contribution >= 0.6 is 47.2 Å². The first-order valence-electron chi connectivity index (χ1n) is 7.57. The quantitative estimate of drug-likeness (QED) is 0.338. The zero-order chi connectivity index (χ0) is 18.7. The van der Waals surface area contributed by atoms with E-state index < -0.39 is 0 Å². The molecule has 3 nitrogen and oxygen atoms in total. The van der Waals surface area contributed by atoms with E-state index in [0.717, 1.165) is 5.56 Å². The largest absolute Gasteiger partial charge is 0.489 e. The summed E-state index contributed by atoms with van der Waals surface area (Å²) in [4.78, 5) is 14.8. The Labute approximate surface area is 171 Å². The number of carbonyl (C=O) groups is 1. The third-order valence-corrected chi connectivity index (χ3v) is 5.56. The maximum atomic E-state index is 12.9. The molecule has 132 valence electrons. The van der Waals surface area contributed by atoms with Crippen LogP contribution in [0, 0.1) is 0 Å². The van der Waals surface area contributed by atoms with Gasteiger partial charge in [0.1, 0.15) is 12.4 Å². The van der Waals surface area contributed by atoms with Crippen LogP contribution in [-0.2, 0) is 4.79 Å². The summed E-state index contributed by atoms with van der Waals surface area (Å²) in [5.41, 5.74) is 1.38. The summed E-state index contributed by atoms with van der Waals surface area (Å²) in [6.07, 6.45) is 3.44. The van der Waals surface area contributed by atoms with Crippen molar-refractivity contribution in [2.75, 3.05) is 11.5 Å². The third kappa shape index (κ3) is 3.96. The Hall–Kier alpha value is -1.79. The lowest BCUT2D eigenvalue weighted by atomic mass is 10.2. The van der Waals surface area contributed by atoms with Gasteiger partial charge in [0.25, 0.3) is 5.91 Å². The molecule has 2 aromatic carbocycles. The second-order valence-corrected chi connectivity index (χ2v) is 7.74. The number of anilines is 1. The fourth-order valence-electron chi connectivity index (χ4n) is 2.34. The molecular weight excluding hydrogens is 409 g/mol. The molecule has 26 heavy (non-hydrogen) atoms. The predicted molar refractivity (Wildman–Crippen MR) is 114 cm³/mol. The minimum absolute atomic E-state index is 0.211. The van der Waals surface area contributed by atoms with E-state index in [2.05, 4.69) is 6.58 Å². The fraction of sp³-hybridized carbons (Fsp3) is 0.0526. The molecule has 1 amide bonds. The van der Waals surface area contributed by atoms with Gasteiger partial charge in [0.15, 0.2) is 4.32 Å². The minimum atomic E-state index is -0.211. The average molecular weight is 422 g/mol. The van der Waals surface area contributed by atoms with Crippen molar-refractivity contribution in [2.45, 2.75) is 0 Å². The highest BCUT2D eigenvalue weighted by Crippen LogP contribution is 2.38. The van der Waals surface area contributed by atoms with Crippen LogP contribution in [0.15, 0.2) is 60.0 Å². The summed E-state index contributed by atoms with van der Waals surface area (Å²) in [7, 11) is 0. The molecule has 0 aromatic heterocycles. The molecule has 1 saturated heterocycles. The monoisotopic (exact) mass is 421 g/mol. The third-order valence-electron chi connectivity index (χ3n) is 3.52. The van der Waals surface area contributed by atoms with Gasteiger partial charge in [0.05, 0.1) is 20.6 Å². The van der Waals surface area contributed by atoms with Crippen molar-refractivity contribution in [1.29, 1.82) is 0 Å². The lowest BCUT2D eigenvalue weighted by molar-refractivity contribution is -0.113. The van der Waals surface area contributed by atoms with Crippen molar-refractivity contribution in [1.82, 2.24) is 0 Å². The van der Waals surface area contributed by atoms with Gasteiger partial charge >= 0.3 is 0 Å². The van der Waals surface area contributed by atoms with E-state index in [4.69, 9.17) is 40.2 Å². The number of hydrogen-bond acceptors (Lipinski definition) is 4. The molecule has 1 aliphatic heterocycles. The maximum Gasteiger partial charge on any atom is 0.270 e. The number of benzene rings is 2. The van der Waals surface area contributed by atoms with Crippen molar-refractivity contribution in [3.05, 3.63) is 75.6 Å². The number of thioether (sulfide) groups is 1. The van der Waals surface area contributed by atoms with Gasteiger partial charge in [-0.2, -0.15) is 0 Å². The highest BCUT2D eigenvalue weighted by molar-refractivity contribution is 8.27. The molecule has 3 rings (SSSR count). The van der Waals surface area contributed by atoms with Gasteiger partial charge in [0.2, 0.25) is 0 Å². The van der Waals surface area contributed by atoms with Crippen LogP contribution in [0.2, 0.25) is 10.0 Å². The van der Waals surface area contributed by atoms with E-state index >= 15 is 0 Å². The van der Waals surface area contributed by atoms with Crippen molar-refractivity contribution in [3.63, 3.8) is 0 Å². The summed E-state index contributed by atoms with van der Waals surface area (Å²) in [6, 6.07) is 12.4. The number of thiocarbonyl (C=S) groups is 1. The van der Waals surface area contributed by atoms with E-state index in [0.29, 0.717) is 37.3 Å². The molecule has 1 aliphatic rings. The van der Waals surface area contributed by atoms with Gasteiger partial charge in [-0.1, -0.05) is 78.0 Å². The predicted octanol–water partition coefficient (Wildman–Crippen LogP) is 5.96. The topological polar surface area (TPSA) is 29.5 Å². The Morgan fingerprint density at radius 1 is 1.19 bits per heavy atom. The Morgan fingerprint density at radius 3 is 2.69 bits per heavy atom. The molecule has 0 unspecified atom stereocenters. The molecule has 0 bridgehead atoms. The van der Waals surface area contributed by atoms with Crippen LogP contribution in [-0.4, -0.2) is 16.8 Å². The van der Waals surface area contributed by atoms with Crippen molar-refractivity contribution in [2.24, 2.45) is 0 Å². The molecule has 0 spiro atoms. The van der Waals surface area contributed by atoms with Crippen LogP contribution in [0.25, 0.3) is 6.08 Å². The zero-order valence-electron chi connectivity index (χ0n) is 13.4. The highest BCUT2D eigenvalue weighted by Gasteiger charge is 2.33. The molecule has 2 aromatic rings. The number of para-hydroxylation sites is 1. The van der Waals surface area contributed by atoms with Gasteiger partial charge in [-0.3, -0.25) is 9.69 Å². The zero-order valence-corrected chi connectivity index (χ0v) is 16.6. The van der Waals surface area contributed by atoms with Crippen LogP contribution < -0.4 is 9.64 Å².